The first-order valence-electron chi connectivity index (χ1n) is 9.93. The first-order chi connectivity index (χ1) is 15.3. The van der Waals surface area contributed by atoms with Gasteiger partial charge in [-0.25, -0.2) is 8.42 Å². The minimum atomic E-state index is -3.97. The number of rotatable bonds is 5. The summed E-state index contributed by atoms with van der Waals surface area (Å²) in [5.41, 5.74) is 7.84. The monoisotopic (exact) mass is 469 g/mol. The van der Waals surface area contributed by atoms with Gasteiger partial charge in [0, 0.05) is 11.1 Å². The van der Waals surface area contributed by atoms with Crippen LogP contribution in [-0.2, 0) is 22.9 Å². The first-order valence-corrected chi connectivity index (χ1v) is 11.8. The highest BCUT2D eigenvalue weighted by molar-refractivity contribution is 7.92. The zero-order chi connectivity index (χ0) is 22.7. The van der Waals surface area contributed by atoms with E-state index in [4.69, 9.17) is 11.6 Å². The van der Waals surface area contributed by atoms with Gasteiger partial charge in [-0.2, -0.15) is 0 Å². The van der Waals surface area contributed by atoms with Gasteiger partial charge in [-0.1, -0.05) is 35.9 Å². The lowest BCUT2D eigenvalue weighted by Gasteiger charge is -2.11. The summed E-state index contributed by atoms with van der Waals surface area (Å²) in [6.45, 7) is 0. The van der Waals surface area contributed by atoms with E-state index in [9.17, 15) is 18.0 Å². The van der Waals surface area contributed by atoms with Gasteiger partial charge in [0.25, 0.3) is 21.8 Å². The van der Waals surface area contributed by atoms with E-state index in [0.717, 1.165) is 24.8 Å². The number of benzene rings is 3. The number of sulfonamides is 1. The number of nitrogens with one attached hydrogen (secondary N) is 3. The van der Waals surface area contributed by atoms with Crippen molar-refractivity contribution < 1.29 is 18.0 Å². The van der Waals surface area contributed by atoms with E-state index in [0.29, 0.717) is 5.56 Å². The first kappa shape index (κ1) is 21.9. The summed E-state index contributed by atoms with van der Waals surface area (Å²) < 4.78 is 27.8. The topological polar surface area (TPSA) is 104 Å². The third kappa shape index (κ3) is 4.76. The maximum Gasteiger partial charge on any atom is 0.269 e. The molecule has 2 amide bonds. The van der Waals surface area contributed by atoms with Crippen molar-refractivity contribution in [1.82, 2.24) is 10.9 Å². The molecule has 1 aliphatic rings. The summed E-state index contributed by atoms with van der Waals surface area (Å²) in [5.74, 6) is -1.09. The van der Waals surface area contributed by atoms with E-state index >= 15 is 0 Å². The Morgan fingerprint density at radius 3 is 2.22 bits per heavy atom. The van der Waals surface area contributed by atoms with E-state index in [-0.39, 0.29) is 21.2 Å². The minimum absolute atomic E-state index is 0.0706. The van der Waals surface area contributed by atoms with Gasteiger partial charge in [0.15, 0.2) is 0 Å². The molecule has 0 bridgehead atoms. The number of fused-ring (bicyclic) bond motifs is 1. The second-order valence-corrected chi connectivity index (χ2v) is 9.45. The third-order valence-corrected chi connectivity index (χ3v) is 6.87. The second kappa shape index (κ2) is 9.02. The molecule has 7 nitrogen and oxygen atoms in total. The Hall–Kier alpha value is -3.36. The Labute approximate surface area is 190 Å². The van der Waals surface area contributed by atoms with Crippen molar-refractivity contribution in [2.45, 2.75) is 24.2 Å². The van der Waals surface area contributed by atoms with Crippen LogP contribution in [0.4, 0.5) is 5.69 Å². The summed E-state index contributed by atoms with van der Waals surface area (Å²) >= 11 is 6.02. The largest absolute Gasteiger partial charge is 0.278 e. The van der Waals surface area contributed by atoms with Gasteiger partial charge < -0.3 is 0 Å². The van der Waals surface area contributed by atoms with Gasteiger partial charge in [0.05, 0.1) is 15.6 Å². The van der Waals surface area contributed by atoms with Crippen LogP contribution in [0.15, 0.2) is 71.6 Å². The number of hydrogen-bond acceptors (Lipinski definition) is 4. The van der Waals surface area contributed by atoms with E-state index in [1.165, 1.54) is 35.9 Å². The summed E-state index contributed by atoms with van der Waals surface area (Å²) in [5, 5.41) is 0.249. The molecule has 32 heavy (non-hydrogen) atoms. The molecular weight excluding hydrogens is 450 g/mol. The van der Waals surface area contributed by atoms with Crippen LogP contribution < -0.4 is 15.6 Å². The van der Waals surface area contributed by atoms with E-state index in [1.807, 2.05) is 12.1 Å². The lowest BCUT2D eigenvalue weighted by molar-refractivity contribution is 0.0846. The Bertz CT molecular complexity index is 1310. The van der Waals surface area contributed by atoms with Crippen LogP contribution in [0.2, 0.25) is 5.02 Å². The van der Waals surface area contributed by atoms with Crippen molar-refractivity contribution in [2.75, 3.05) is 4.72 Å². The average molecular weight is 470 g/mol. The molecule has 0 atom stereocenters. The number of aryl methyl sites for hydroxylation is 2. The van der Waals surface area contributed by atoms with Crippen molar-refractivity contribution in [3.05, 3.63) is 94.0 Å². The van der Waals surface area contributed by atoms with Gasteiger partial charge in [-0.05, 0) is 72.9 Å². The van der Waals surface area contributed by atoms with Crippen LogP contribution in [0.1, 0.15) is 38.3 Å². The number of carbonyl (C=O) groups excluding carboxylic acids is 2. The fraction of sp³-hybridized carbons (Fsp3) is 0.130. The van der Waals surface area contributed by atoms with Crippen molar-refractivity contribution >= 4 is 39.1 Å². The molecule has 0 aliphatic heterocycles. The Kier molecular flexibility index (Phi) is 6.16. The van der Waals surface area contributed by atoms with Crippen LogP contribution in [0.5, 0.6) is 0 Å². The van der Waals surface area contributed by atoms with Gasteiger partial charge in [-0.15, -0.1) is 0 Å². The highest BCUT2D eigenvalue weighted by Crippen LogP contribution is 2.24. The molecule has 0 fully saturated rings. The molecule has 0 spiro atoms. The molecule has 3 N–H and O–H groups in total. The predicted octanol–water partition coefficient (Wildman–Crippen LogP) is 3.70. The van der Waals surface area contributed by atoms with Gasteiger partial charge in [0.1, 0.15) is 0 Å². The Morgan fingerprint density at radius 1 is 0.781 bits per heavy atom. The number of hydrogen-bond donors (Lipinski definition) is 3. The number of para-hydroxylation sites is 1. The molecule has 4 rings (SSSR count). The second-order valence-electron chi connectivity index (χ2n) is 7.36. The SMILES string of the molecule is O=C(NNC(=O)c1ccc2c(c1)CCC2)c1cccc(S(=O)(=O)Nc2ccccc2Cl)c1. The number of anilines is 1. The molecule has 0 heterocycles. The summed E-state index contributed by atoms with van der Waals surface area (Å²) in [7, 11) is -3.97. The minimum Gasteiger partial charge on any atom is -0.278 e. The smallest absolute Gasteiger partial charge is 0.269 e. The average Bonchev–Trinajstić information content (AvgIpc) is 3.26. The Morgan fingerprint density at radius 2 is 1.47 bits per heavy atom. The van der Waals surface area contributed by atoms with Gasteiger partial charge in [-0.3, -0.25) is 25.2 Å². The molecule has 0 saturated heterocycles. The number of carbonyl (C=O) groups is 2. The lowest BCUT2D eigenvalue weighted by Crippen LogP contribution is -2.41. The third-order valence-electron chi connectivity index (χ3n) is 5.17. The standard InChI is InChI=1S/C23H20ClN3O4S/c24-20-9-1-2-10-21(20)27-32(30,31)19-8-4-7-17(14-19)22(28)25-26-23(29)18-12-11-15-5-3-6-16(15)13-18/h1-2,4,7-14,27H,3,5-6H2,(H,25,28)(H,26,29). The van der Waals surface area contributed by atoms with E-state index in [1.54, 1.807) is 24.3 Å². The Balaban J connectivity index is 1.44. The lowest BCUT2D eigenvalue weighted by atomic mass is 10.1. The molecule has 0 radical (unpaired) electrons. The quantitative estimate of drug-likeness (QED) is 0.495. The van der Waals surface area contributed by atoms with E-state index in [2.05, 4.69) is 15.6 Å². The number of halogens is 1. The fourth-order valence-corrected chi connectivity index (χ4v) is 4.89. The number of amides is 2. The molecule has 0 unspecified atom stereocenters. The predicted molar refractivity (Wildman–Crippen MR) is 122 cm³/mol. The van der Waals surface area contributed by atoms with Crippen LogP contribution in [0, 0.1) is 0 Å². The number of hydrazine groups is 1. The molecule has 1 aliphatic carbocycles. The zero-order valence-electron chi connectivity index (χ0n) is 16.9. The molecule has 3 aromatic carbocycles. The van der Waals surface area contributed by atoms with Crippen molar-refractivity contribution in [1.29, 1.82) is 0 Å². The van der Waals surface area contributed by atoms with Crippen LogP contribution >= 0.6 is 11.6 Å². The highest BCUT2D eigenvalue weighted by Gasteiger charge is 2.19. The molecule has 0 saturated carbocycles. The van der Waals surface area contributed by atoms with Crippen molar-refractivity contribution in [3.63, 3.8) is 0 Å². The highest BCUT2D eigenvalue weighted by atomic mass is 35.5. The van der Waals surface area contributed by atoms with Crippen LogP contribution in [-0.4, -0.2) is 20.2 Å². The normalized spacial score (nSPS) is 12.7. The summed E-state index contributed by atoms with van der Waals surface area (Å²) in [6.07, 6.45) is 3.02. The van der Waals surface area contributed by atoms with E-state index < -0.39 is 21.8 Å². The zero-order valence-corrected chi connectivity index (χ0v) is 18.5. The maximum absolute atomic E-state index is 12.7. The molecule has 3 aromatic rings. The van der Waals surface area contributed by atoms with Crippen molar-refractivity contribution in [2.24, 2.45) is 0 Å². The maximum atomic E-state index is 12.7. The van der Waals surface area contributed by atoms with Gasteiger partial charge >= 0.3 is 0 Å². The van der Waals surface area contributed by atoms with Crippen LogP contribution in [0.25, 0.3) is 0 Å². The van der Waals surface area contributed by atoms with Gasteiger partial charge in [0.2, 0.25) is 0 Å². The molecule has 9 heteroatoms. The van der Waals surface area contributed by atoms with Crippen molar-refractivity contribution in [3.8, 4) is 0 Å². The fourth-order valence-electron chi connectivity index (χ4n) is 3.52. The summed E-state index contributed by atoms with van der Waals surface area (Å²) in [4.78, 5) is 24.8. The summed E-state index contributed by atoms with van der Waals surface area (Å²) in [6, 6.07) is 17.4. The van der Waals surface area contributed by atoms with Crippen LogP contribution in [0.3, 0.4) is 0 Å². The molecular formula is C23H20ClN3O4S. The molecule has 0 aromatic heterocycles. The molecule has 164 valence electrons.